The summed E-state index contributed by atoms with van der Waals surface area (Å²) in [6.45, 7) is 0. The van der Waals surface area contributed by atoms with Crippen LogP contribution in [0, 0.1) is 5.92 Å². The van der Waals surface area contributed by atoms with Crippen LogP contribution in [0.5, 0.6) is 0 Å². The first-order valence-corrected chi connectivity index (χ1v) is 8.13. The minimum absolute atomic E-state index is 0.653. The summed E-state index contributed by atoms with van der Waals surface area (Å²) in [4.78, 5) is 0. The van der Waals surface area contributed by atoms with E-state index in [1.54, 1.807) is 11.1 Å². The molecule has 2 aromatic carbocycles. The van der Waals surface area contributed by atoms with E-state index in [4.69, 9.17) is 0 Å². The minimum Gasteiger partial charge on any atom is -0.0619 e. The molecular formula is C20H22. The first kappa shape index (κ1) is 12.2. The van der Waals surface area contributed by atoms with Crippen molar-refractivity contribution in [2.24, 2.45) is 5.92 Å². The fraction of sp³-hybridized carbons (Fsp3) is 0.400. The van der Waals surface area contributed by atoms with Gasteiger partial charge in [-0.15, -0.1) is 0 Å². The molecule has 0 heteroatoms. The van der Waals surface area contributed by atoms with Gasteiger partial charge in [0.15, 0.2) is 0 Å². The van der Waals surface area contributed by atoms with Crippen LogP contribution in [0.1, 0.15) is 55.6 Å². The molecule has 0 unspecified atom stereocenters. The van der Waals surface area contributed by atoms with Gasteiger partial charge in [-0.25, -0.2) is 0 Å². The van der Waals surface area contributed by atoms with Gasteiger partial charge in [0, 0.05) is 5.92 Å². The molecule has 0 nitrogen and oxygen atoms in total. The van der Waals surface area contributed by atoms with Gasteiger partial charge in [0.1, 0.15) is 0 Å². The quantitative estimate of drug-likeness (QED) is 0.572. The Morgan fingerprint density at radius 1 is 0.600 bits per heavy atom. The van der Waals surface area contributed by atoms with E-state index in [2.05, 4.69) is 48.5 Å². The van der Waals surface area contributed by atoms with E-state index in [1.165, 1.54) is 49.7 Å². The predicted octanol–water partition coefficient (Wildman–Crippen LogP) is 5.77. The zero-order valence-corrected chi connectivity index (χ0v) is 12.0. The van der Waals surface area contributed by atoms with Gasteiger partial charge >= 0.3 is 0 Å². The second-order valence-corrected chi connectivity index (χ2v) is 6.40. The van der Waals surface area contributed by atoms with Crippen molar-refractivity contribution in [1.82, 2.24) is 0 Å². The number of hydrogen-bond donors (Lipinski definition) is 0. The van der Waals surface area contributed by atoms with Crippen LogP contribution in [-0.4, -0.2) is 0 Å². The summed E-state index contributed by atoms with van der Waals surface area (Å²) in [5.41, 5.74) is 6.14. The molecule has 0 aromatic heterocycles. The maximum atomic E-state index is 2.37. The molecule has 0 heterocycles. The molecule has 102 valence electrons. The highest BCUT2D eigenvalue weighted by Gasteiger charge is 2.33. The number of fused-ring (bicyclic) bond motifs is 3. The third-order valence-corrected chi connectivity index (χ3v) is 5.25. The predicted molar refractivity (Wildman–Crippen MR) is 84.9 cm³/mol. The van der Waals surface area contributed by atoms with Crippen LogP contribution in [0.15, 0.2) is 48.5 Å². The highest BCUT2D eigenvalue weighted by atomic mass is 14.4. The van der Waals surface area contributed by atoms with Crippen LogP contribution >= 0.6 is 0 Å². The highest BCUT2D eigenvalue weighted by molar-refractivity contribution is 5.78. The van der Waals surface area contributed by atoms with Crippen LogP contribution < -0.4 is 0 Å². The first-order chi connectivity index (χ1) is 9.95. The van der Waals surface area contributed by atoms with Crippen molar-refractivity contribution in [2.45, 2.75) is 44.4 Å². The van der Waals surface area contributed by atoms with Crippen LogP contribution in [0.2, 0.25) is 0 Å². The standard InChI is InChI=1S/C20H22/c1-2-4-10-15(9-3-1)20-18-13-7-5-11-16(18)17-12-6-8-14-19(17)20/h5-8,11-15,20H,1-4,9-10H2. The summed E-state index contributed by atoms with van der Waals surface area (Å²) in [5, 5.41) is 0. The van der Waals surface area contributed by atoms with Crippen molar-refractivity contribution >= 4 is 0 Å². The molecule has 0 bridgehead atoms. The van der Waals surface area contributed by atoms with E-state index in [0.29, 0.717) is 5.92 Å². The van der Waals surface area contributed by atoms with Crippen molar-refractivity contribution in [3.63, 3.8) is 0 Å². The summed E-state index contributed by atoms with van der Waals surface area (Å²) in [6.07, 6.45) is 8.54. The fourth-order valence-corrected chi connectivity index (χ4v) is 4.35. The van der Waals surface area contributed by atoms with E-state index >= 15 is 0 Å². The molecule has 1 saturated carbocycles. The van der Waals surface area contributed by atoms with Gasteiger partial charge in [-0.1, -0.05) is 74.2 Å². The Morgan fingerprint density at radius 2 is 1.10 bits per heavy atom. The van der Waals surface area contributed by atoms with Gasteiger partial charge in [0.05, 0.1) is 0 Å². The van der Waals surface area contributed by atoms with Gasteiger partial charge in [-0.05, 0) is 41.0 Å². The van der Waals surface area contributed by atoms with Crippen LogP contribution in [-0.2, 0) is 0 Å². The summed E-state index contributed by atoms with van der Waals surface area (Å²) < 4.78 is 0. The summed E-state index contributed by atoms with van der Waals surface area (Å²) >= 11 is 0. The molecule has 0 radical (unpaired) electrons. The van der Waals surface area contributed by atoms with Crippen molar-refractivity contribution in [1.29, 1.82) is 0 Å². The van der Waals surface area contributed by atoms with Crippen LogP contribution in [0.4, 0.5) is 0 Å². The van der Waals surface area contributed by atoms with E-state index in [1.807, 2.05) is 0 Å². The number of benzene rings is 2. The molecule has 0 amide bonds. The highest BCUT2D eigenvalue weighted by Crippen LogP contribution is 2.50. The van der Waals surface area contributed by atoms with E-state index in [0.717, 1.165) is 5.92 Å². The van der Waals surface area contributed by atoms with E-state index in [-0.39, 0.29) is 0 Å². The Labute approximate surface area is 121 Å². The fourth-order valence-electron chi connectivity index (χ4n) is 4.35. The third-order valence-electron chi connectivity index (χ3n) is 5.25. The number of rotatable bonds is 1. The molecule has 0 saturated heterocycles. The zero-order valence-electron chi connectivity index (χ0n) is 12.0. The lowest BCUT2D eigenvalue weighted by Crippen LogP contribution is -2.11. The van der Waals surface area contributed by atoms with Crippen LogP contribution in [0.25, 0.3) is 11.1 Å². The van der Waals surface area contributed by atoms with Gasteiger partial charge in [-0.2, -0.15) is 0 Å². The van der Waals surface area contributed by atoms with Gasteiger partial charge in [0.2, 0.25) is 0 Å². The lowest BCUT2D eigenvalue weighted by molar-refractivity contribution is 0.416. The molecule has 2 aromatic rings. The molecule has 1 fully saturated rings. The van der Waals surface area contributed by atoms with Gasteiger partial charge in [0.25, 0.3) is 0 Å². The molecule has 20 heavy (non-hydrogen) atoms. The summed E-state index contributed by atoms with van der Waals surface area (Å²) in [5.74, 6) is 1.50. The summed E-state index contributed by atoms with van der Waals surface area (Å²) in [7, 11) is 0. The number of hydrogen-bond acceptors (Lipinski definition) is 0. The molecule has 0 spiro atoms. The monoisotopic (exact) mass is 262 g/mol. The van der Waals surface area contributed by atoms with Gasteiger partial charge < -0.3 is 0 Å². The van der Waals surface area contributed by atoms with Crippen molar-refractivity contribution in [2.75, 3.05) is 0 Å². The average Bonchev–Trinajstić information content (AvgIpc) is 2.65. The maximum absolute atomic E-state index is 2.37. The maximum Gasteiger partial charge on any atom is 0.0130 e. The van der Waals surface area contributed by atoms with Crippen LogP contribution in [0.3, 0.4) is 0 Å². The Hall–Kier alpha value is -1.56. The lowest BCUT2D eigenvalue weighted by Gasteiger charge is -2.24. The molecular weight excluding hydrogens is 240 g/mol. The SMILES string of the molecule is c1ccc2c(c1)-c1ccccc1C2C1CCCCCC1. The van der Waals surface area contributed by atoms with E-state index in [9.17, 15) is 0 Å². The van der Waals surface area contributed by atoms with E-state index < -0.39 is 0 Å². The minimum atomic E-state index is 0.653. The molecule has 0 aliphatic heterocycles. The Balaban J connectivity index is 1.82. The normalized spacial score (nSPS) is 19.4. The largest absolute Gasteiger partial charge is 0.0619 e. The first-order valence-electron chi connectivity index (χ1n) is 8.13. The molecule has 0 N–H and O–H groups in total. The Morgan fingerprint density at radius 3 is 1.65 bits per heavy atom. The topological polar surface area (TPSA) is 0 Å². The Kier molecular flexibility index (Phi) is 3.10. The lowest BCUT2D eigenvalue weighted by atomic mass is 9.80. The van der Waals surface area contributed by atoms with Crippen molar-refractivity contribution < 1.29 is 0 Å². The molecule has 2 aliphatic carbocycles. The second kappa shape index (κ2) is 5.09. The molecule has 0 atom stereocenters. The third kappa shape index (κ3) is 1.90. The Bertz CT molecular complexity index is 557. The summed E-state index contributed by atoms with van der Waals surface area (Å²) in [6, 6.07) is 18.2. The second-order valence-electron chi connectivity index (χ2n) is 6.40. The zero-order chi connectivity index (χ0) is 13.4. The average molecular weight is 262 g/mol. The van der Waals surface area contributed by atoms with Crippen molar-refractivity contribution in [3.8, 4) is 11.1 Å². The van der Waals surface area contributed by atoms with Gasteiger partial charge in [-0.3, -0.25) is 0 Å². The molecule has 2 aliphatic rings. The van der Waals surface area contributed by atoms with Crippen molar-refractivity contribution in [3.05, 3.63) is 59.7 Å². The smallest absolute Gasteiger partial charge is 0.0130 e. The molecule has 4 rings (SSSR count).